The molecule has 2 N–H and O–H groups in total. The Morgan fingerprint density at radius 1 is 0.444 bits per heavy atom. The van der Waals surface area contributed by atoms with Crippen molar-refractivity contribution in [3.05, 3.63) is 0 Å². The average Bonchev–Trinajstić information content (AvgIpc) is 2.85. The van der Waals surface area contributed by atoms with Gasteiger partial charge in [0.2, 0.25) is 0 Å². The monoisotopic (exact) mass is 524 g/mol. The van der Waals surface area contributed by atoms with Crippen molar-refractivity contribution < 1.29 is 27.2 Å². The second-order valence-electron chi connectivity index (χ2n) is 10.0. The van der Waals surface area contributed by atoms with E-state index in [4.69, 9.17) is 0 Å². The molecule has 36 heavy (non-hydrogen) atoms. The van der Waals surface area contributed by atoms with E-state index in [1.165, 1.54) is 64.2 Å². The molecule has 2 amide bonds. The Labute approximate surface area is 217 Å². The summed E-state index contributed by atoms with van der Waals surface area (Å²) in [7, 11) is 0. The van der Waals surface area contributed by atoms with Gasteiger partial charge in [0.05, 0.1) is 0 Å². The van der Waals surface area contributed by atoms with Gasteiger partial charge >= 0.3 is 11.8 Å². The fourth-order valence-electron chi connectivity index (χ4n) is 4.14. The van der Waals surface area contributed by atoms with Crippen molar-refractivity contribution in [1.82, 2.24) is 10.6 Å². The van der Waals surface area contributed by atoms with Crippen LogP contribution in [0.3, 0.4) is 0 Å². The zero-order valence-corrected chi connectivity index (χ0v) is 22.9. The first-order chi connectivity index (χ1) is 17.2. The van der Waals surface area contributed by atoms with Crippen LogP contribution in [0.15, 0.2) is 0 Å². The van der Waals surface area contributed by atoms with Crippen LogP contribution in [0.25, 0.3) is 0 Å². The Bertz CT molecular complexity index is 512. The van der Waals surface area contributed by atoms with Crippen molar-refractivity contribution in [3.63, 3.8) is 0 Å². The van der Waals surface area contributed by atoms with Gasteiger partial charge in [-0.15, -0.1) is 0 Å². The van der Waals surface area contributed by atoms with Crippen molar-refractivity contribution in [1.29, 1.82) is 0 Å². The summed E-state index contributed by atoms with van der Waals surface area (Å²) in [6.45, 7) is 4.12. The Morgan fingerprint density at radius 3 is 0.917 bits per heavy atom. The summed E-state index contributed by atoms with van der Waals surface area (Å²) in [5.74, 6) is -14.4. The number of hydrogen-bond acceptors (Lipinski definition) is 2. The summed E-state index contributed by atoms with van der Waals surface area (Å²) in [6, 6.07) is 0. The van der Waals surface area contributed by atoms with Gasteiger partial charge in [0.1, 0.15) is 0 Å². The highest BCUT2D eigenvalue weighted by Gasteiger charge is 2.66. The number of hydrogen-bond donors (Lipinski definition) is 2. The Balaban J connectivity index is 3.98. The molecule has 0 heterocycles. The second kappa shape index (κ2) is 21.7. The quantitative estimate of drug-likeness (QED) is 0.0931. The summed E-state index contributed by atoms with van der Waals surface area (Å²) >= 11 is 0. The van der Waals surface area contributed by atoms with E-state index in [0.29, 0.717) is 12.8 Å². The van der Waals surface area contributed by atoms with Crippen LogP contribution in [-0.2, 0) is 9.59 Å². The predicted octanol–water partition coefficient (Wildman–Crippen LogP) is 8.33. The molecule has 0 saturated carbocycles. The first kappa shape index (κ1) is 34.7. The number of alkyl halides is 4. The minimum atomic E-state index is -5.09. The molecule has 0 bridgehead atoms. The van der Waals surface area contributed by atoms with Crippen molar-refractivity contribution >= 4 is 11.8 Å². The van der Waals surface area contributed by atoms with Gasteiger partial charge in [0.25, 0.3) is 11.8 Å². The smallest absolute Gasteiger partial charge is 0.351 e. The molecule has 214 valence electrons. The van der Waals surface area contributed by atoms with Crippen LogP contribution in [0.4, 0.5) is 17.6 Å². The minimum Gasteiger partial charge on any atom is -0.351 e. The molecular formula is C28H52F4N2O2. The molecule has 0 aliphatic rings. The lowest BCUT2D eigenvalue weighted by atomic mass is 10.1. The number of unbranched alkanes of at least 4 members (excludes halogenated alkanes) is 18. The SMILES string of the molecule is CCCCCCCCCCCCNC(=O)C(F)(F)C(F)(F)C(=O)NCCCCCCCCCCCC. The fourth-order valence-corrected chi connectivity index (χ4v) is 4.14. The standard InChI is InChI=1S/C28H52F4N2O2/c1-3-5-7-9-11-13-15-17-19-21-23-33-25(35)27(29,30)28(31,32)26(36)34-24-22-20-18-16-14-12-10-8-6-4-2/h3-24H2,1-2H3,(H,33,35)(H,34,36). The highest BCUT2D eigenvalue weighted by Crippen LogP contribution is 2.34. The molecule has 0 fully saturated rings. The van der Waals surface area contributed by atoms with Crippen molar-refractivity contribution in [2.24, 2.45) is 0 Å². The van der Waals surface area contributed by atoms with Crippen LogP contribution in [0, 0.1) is 0 Å². The third kappa shape index (κ3) is 15.7. The number of amides is 2. The van der Waals surface area contributed by atoms with Crippen LogP contribution in [-0.4, -0.2) is 36.7 Å². The molecule has 0 saturated heterocycles. The maximum Gasteiger partial charge on any atom is 0.395 e. The predicted molar refractivity (Wildman–Crippen MR) is 140 cm³/mol. The summed E-state index contributed by atoms with van der Waals surface area (Å²) in [4.78, 5) is 23.4. The Morgan fingerprint density at radius 2 is 0.667 bits per heavy atom. The minimum absolute atomic E-state index is 0.110. The molecule has 0 aromatic carbocycles. The third-order valence-electron chi connectivity index (χ3n) is 6.60. The van der Waals surface area contributed by atoms with Gasteiger partial charge in [0.15, 0.2) is 0 Å². The number of nitrogens with one attached hydrogen (secondary N) is 2. The summed E-state index contributed by atoms with van der Waals surface area (Å²) in [5, 5.41) is 3.74. The largest absolute Gasteiger partial charge is 0.395 e. The molecule has 0 aliphatic heterocycles. The van der Waals surface area contributed by atoms with Crippen molar-refractivity contribution in [2.45, 2.75) is 154 Å². The molecule has 0 aromatic heterocycles. The molecule has 0 radical (unpaired) electrons. The molecule has 0 spiro atoms. The Hall–Kier alpha value is -1.34. The van der Waals surface area contributed by atoms with E-state index in [0.717, 1.165) is 51.4 Å². The number of carbonyl (C=O) groups excluding carboxylic acids is 2. The van der Waals surface area contributed by atoms with Crippen molar-refractivity contribution in [2.75, 3.05) is 13.1 Å². The molecule has 0 unspecified atom stereocenters. The lowest BCUT2D eigenvalue weighted by Gasteiger charge is -2.24. The average molecular weight is 525 g/mol. The van der Waals surface area contributed by atoms with Gasteiger partial charge in [-0.2, -0.15) is 17.6 Å². The van der Waals surface area contributed by atoms with Crippen molar-refractivity contribution in [3.8, 4) is 0 Å². The van der Waals surface area contributed by atoms with E-state index in [2.05, 4.69) is 13.8 Å². The summed E-state index contributed by atoms with van der Waals surface area (Å²) < 4.78 is 56.2. The third-order valence-corrected chi connectivity index (χ3v) is 6.60. The van der Waals surface area contributed by atoms with E-state index >= 15 is 0 Å². The van der Waals surface area contributed by atoms with Crippen LogP contribution in [0.2, 0.25) is 0 Å². The van der Waals surface area contributed by atoms with E-state index < -0.39 is 23.7 Å². The van der Waals surface area contributed by atoms with Gasteiger partial charge in [-0.1, -0.05) is 129 Å². The second-order valence-corrected chi connectivity index (χ2v) is 10.0. The highest BCUT2D eigenvalue weighted by molar-refractivity contribution is 5.95. The zero-order chi connectivity index (χ0) is 27.1. The van der Waals surface area contributed by atoms with Crippen LogP contribution in [0.1, 0.15) is 142 Å². The lowest BCUT2D eigenvalue weighted by molar-refractivity contribution is -0.211. The van der Waals surface area contributed by atoms with Gasteiger partial charge in [0, 0.05) is 13.1 Å². The summed E-state index contributed by atoms with van der Waals surface area (Å²) in [5.41, 5.74) is 0. The molecule has 0 aliphatic carbocycles. The topological polar surface area (TPSA) is 58.2 Å². The van der Waals surface area contributed by atoms with Gasteiger partial charge < -0.3 is 10.6 Å². The van der Waals surface area contributed by atoms with Gasteiger partial charge in [-0.25, -0.2) is 0 Å². The highest BCUT2D eigenvalue weighted by atomic mass is 19.3. The van der Waals surface area contributed by atoms with Crippen LogP contribution < -0.4 is 10.6 Å². The lowest BCUT2D eigenvalue weighted by Crippen LogP contribution is -2.59. The summed E-state index contributed by atoms with van der Waals surface area (Å²) in [6.07, 6.45) is 20.7. The fraction of sp³-hybridized carbons (Fsp3) is 0.929. The molecule has 8 heteroatoms. The van der Waals surface area contributed by atoms with Crippen LogP contribution in [0.5, 0.6) is 0 Å². The van der Waals surface area contributed by atoms with E-state index in [1.54, 1.807) is 0 Å². The van der Waals surface area contributed by atoms with Crippen LogP contribution >= 0.6 is 0 Å². The number of halogens is 4. The van der Waals surface area contributed by atoms with E-state index in [1.807, 2.05) is 10.6 Å². The van der Waals surface area contributed by atoms with Gasteiger partial charge in [-0.05, 0) is 12.8 Å². The maximum atomic E-state index is 14.1. The number of rotatable bonds is 25. The number of carbonyl (C=O) groups is 2. The zero-order valence-electron chi connectivity index (χ0n) is 22.9. The van der Waals surface area contributed by atoms with Gasteiger partial charge in [-0.3, -0.25) is 9.59 Å². The first-order valence-electron chi connectivity index (χ1n) is 14.5. The Kier molecular flexibility index (Phi) is 20.9. The van der Waals surface area contributed by atoms with E-state index in [9.17, 15) is 27.2 Å². The molecule has 0 aromatic rings. The maximum absolute atomic E-state index is 14.1. The molecular weight excluding hydrogens is 472 g/mol. The first-order valence-corrected chi connectivity index (χ1v) is 14.5. The van der Waals surface area contributed by atoms with E-state index in [-0.39, 0.29) is 13.1 Å². The normalized spacial score (nSPS) is 12.1. The molecule has 0 rings (SSSR count). The molecule has 4 nitrogen and oxygen atoms in total. The molecule has 0 atom stereocenters.